The summed E-state index contributed by atoms with van der Waals surface area (Å²) in [5.41, 5.74) is -0.519. The van der Waals surface area contributed by atoms with Gasteiger partial charge in [0.25, 0.3) is 0 Å². The molecule has 0 spiro atoms. The fourth-order valence-corrected chi connectivity index (χ4v) is 3.12. The van der Waals surface area contributed by atoms with E-state index in [2.05, 4.69) is 29.8 Å². The number of hydrogen-bond acceptors (Lipinski definition) is 4. The average molecular weight is 357 g/mol. The highest BCUT2D eigenvalue weighted by Crippen LogP contribution is 2.50. The first kappa shape index (κ1) is 22.9. The van der Waals surface area contributed by atoms with E-state index in [9.17, 15) is 19.2 Å². The molecule has 144 valence electrons. The first-order valence-corrected chi connectivity index (χ1v) is 8.28. The largest absolute Gasteiger partial charge is 0.480 e. The molecule has 1 aliphatic rings. The summed E-state index contributed by atoms with van der Waals surface area (Å²) in [6.45, 7) is 10.5. The Bertz CT molecular complexity index is 532. The number of carboxylic acid groups (broad SMARTS) is 1. The van der Waals surface area contributed by atoms with Crippen molar-refractivity contribution in [2.75, 3.05) is 7.05 Å². The molecule has 3 amide bonds. The number of hydrogen-bond donors (Lipinski definition) is 4. The molecule has 0 saturated heterocycles. The highest BCUT2D eigenvalue weighted by Gasteiger charge is 2.53. The fraction of sp³-hybridized carbons (Fsp3) is 0.765. The molecule has 1 aliphatic carbocycles. The summed E-state index contributed by atoms with van der Waals surface area (Å²) in [4.78, 5) is 43.2. The van der Waals surface area contributed by atoms with E-state index >= 15 is 0 Å². The van der Waals surface area contributed by atoms with Crippen LogP contribution in [0, 0.1) is 11.3 Å². The lowest BCUT2D eigenvalue weighted by Crippen LogP contribution is -2.56. The molecule has 1 rings (SSSR count). The quantitative estimate of drug-likeness (QED) is 0.603. The summed E-state index contributed by atoms with van der Waals surface area (Å²) in [5, 5.41) is 16.0. The van der Waals surface area contributed by atoms with Gasteiger partial charge in [-0.2, -0.15) is 0 Å². The van der Waals surface area contributed by atoms with Crippen molar-refractivity contribution in [3.05, 3.63) is 0 Å². The summed E-state index contributed by atoms with van der Waals surface area (Å²) < 4.78 is 0. The van der Waals surface area contributed by atoms with Crippen LogP contribution in [0.15, 0.2) is 0 Å². The van der Waals surface area contributed by atoms with Crippen LogP contribution in [0.1, 0.15) is 54.4 Å². The van der Waals surface area contributed by atoms with E-state index in [4.69, 9.17) is 5.11 Å². The van der Waals surface area contributed by atoms with Crippen LogP contribution >= 0.6 is 0 Å². The van der Waals surface area contributed by atoms with Crippen molar-refractivity contribution < 1.29 is 24.3 Å². The van der Waals surface area contributed by atoms with E-state index in [-0.39, 0.29) is 34.6 Å². The van der Waals surface area contributed by atoms with Gasteiger partial charge in [-0.15, -0.1) is 0 Å². The van der Waals surface area contributed by atoms with Gasteiger partial charge in [-0.05, 0) is 39.0 Å². The highest BCUT2D eigenvalue weighted by atomic mass is 16.4. The van der Waals surface area contributed by atoms with Crippen LogP contribution in [0.25, 0.3) is 0 Å². The lowest BCUT2D eigenvalue weighted by Gasteiger charge is -2.41. The number of urea groups is 1. The van der Waals surface area contributed by atoms with Gasteiger partial charge in [-0.3, -0.25) is 14.4 Å². The Labute approximate surface area is 149 Å². The van der Waals surface area contributed by atoms with Gasteiger partial charge in [0.1, 0.15) is 11.8 Å². The van der Waals surface area contributed by atoms with E-state index in [0.29, 0.717) is 0 Å². The molecule has 1 saturated carbocycles. The molecule has 8 heteroatoms. The van der Waals surface area contributed by atoms with E-state index in [1.807, 2.05) is 6.92 Å². The topological polar surface area (TPSA) is 125 Å². The summed E-state index contributed by atoms with van der Waals surface area (Å²) in [6, 6.07) is -0.970. The monoisotopic (exact) mass is 357 g/mol. The number of carbonyl (C=O) groups excluding carboxylic acids is 3. The molecule has 3 unspecified atom stereocenters. The van der Waals surface area contributed by atoms with Crippen molar-refractivity contribution in [3.63, 3.8) is 0 Å². The minimum Gasteiger partial charge on any atom is -0.480 e. The van der Waals surface area contributed by atoms with Crippen LogP contribution in [-0.2, 0) is 14.4 Å². The summed E-state index contributed by atoms with van der Waals surface area (Å²) >= 11 is 0. The van der Waals surface area contributed by atoms with Crippen LogP contribution in [0.4, 0.5) is 4.79 Å². The van der Waals surface area contributed by atoms with Gasteiger partial charge in [-0.25, -0.2) is 4.79 Å². The third kappa shape index (κ3) is 6.03. The van der Waals surface area contributed by atoms with Crippen molar-refractivity contribution in [1.29, 1.82) is 0 Å². The lowest BCUT2D eigenvalue weighted by molar-refractivity contribution is -0.141. The SMILES string of the molecule is CC(=O)NC(C)C(=O)O.CNC(=O)NC1(C)CCC(C(C)=O)C1(C)C. The minimum absolute atomic E-state index is 0.0367. The maximum Gasteiger partial charge on any atom is 0.325 e. The Hall–Kier alpha value is -2.12. The molecule has 0 aliphatic heterocycles. The lowest BCUT2D eigenvalue weighted by atomic mass is 9.70. The normalized spacial score (nSPS) is 25.0. The van der Waals surface area contributed by atoms with Crippen molar-refractivity contribution in [2.24, 2.45) is 11.3 Å². The second kappa shape index (κ2) is 8.82. The Morgan fingerprint density at radius 2 is 1.64 bits per heavy atom. The van der Waals surface area contributed by atoms with Crippen LogP contribution in [0.5, 0.6) is 0 Å². The number of nitrogens with one attached hydrogen (secondary N) is 3. The van der Waals surface area contributed by atoms with Crippen molar-refractivity contribution in [3.8, 4) is 0 Å². The fourth-order valence-electron chi connectivity index (χ4n) is 3.12. The van der Waals surface area contributed by atoms with Crippen LogP contribution < -0.4 is 16.0 Å². The first-order valence-electron chi connectivity index (χ1n) is 8.28. The van der Waals surface area contributed by atoms with Gasteiger partial charge in [-0.1, -0.05) is 13.8 Å². The minimum atomic E-state index is -1.02. The Morgan fingerprint density at radius 3 is 1.92 bits per heavy atom. The summed E-state index contributed by atoms with van der Waals surface area (Å²) in [5.74, 6) is -1.10. The molecule has 4 N–H and O–H groups in total. The predicted octanol–water partition coefficient (Wildman–Crippen LogP) is 1.29. The summed E-state index contributed by atoms with van der Waals surface area (Å²) in [7, 11) is 1.60. The maximum atomic E-state index is 11.6. The van der Waals surface area contributed by atoms with Crippen molar-refractivity contribution >= 4 is 23.7 Å². The third-order valence-corrected chi connectivity index (χ3v) is 5.12. The van der Waals surface area contributed by atoms with E-state index in [0.717, 1.165) is 12.8 Å². The van der Waals surface area contributed by atoms with Gasteiger partial charge in [0.2, 0.25) is 5.91 Å². The van der Waals surface area contributed by atoms with Gasteiger partial charge in [0.05, 0.1) is 0 Å². The Kier molecular flexibility index (Phi) is 8.08. The van der Waals surface area contributed by atoms with Crippen LogP contribution in [0.3, 0.4) is 0 Å². The van der Waals surface area contributed by atoms with Crippen molar-refractivity contribution in [1.82, 2.24) is 16.0 Å². The van der Waals surface area contributed by atoms with E-state index in [1.54, 1.807) is 14.0 Å². The van der Waals surface area contributed by atoms with E-state index < -0.39 is 12.0 Å². The molecule has 0 aromatic carbocycles. The average Bonchev–Trinajstić information content (AvgIpc) is 2.68. The Morgan fingerprint density at radius 1 is 1.12 bits per heavy atom. The number of carbonyl (C=O) groups is 4. The maximum absolute atomic E-state index is 11.6. The zero-order chi connectivity index (χ0) is 20.0. The molecular weight excluding hydrogens is 326 g/mol. The molecule has 0 aromatic heterocycles. The molecular formula is C17H31N3O5. The van der Waals surface area contributed by atoms with Gasteiger partial charge in [0.15, 0.2) is 0 Å². The zero-order valence-corrected chi connectivity index (χ0v) is 16.1. The number of rotatable bonds is 4. The number of ketones is 1. The Balaban J connectivity index is 0.000000547. The molecule has 0 bridgehead atoms. The zero-order valence-electron chi connectivity index (χ0n) is 16.1. The van der Waals surface area contributed by atoms with Crippen molar-refractivity contribution in [2.45, 2.75) is 66.0 Å². The second-order valence-corrected chi connectivity index (χ2v) is 7.22. The second-order valence-electron chi connectivity index (χ2n) is 7.22. The third-order valence-electron chi connectivity index (χ3n) is 5.12. The molecule has 1 fully saturated rings. The predicted molar refractivity (Wildman–Crippen MR) is 94.1 cm³/mol. The molecule has 0 radical (unpaired) electrons. The van der Waals surface area contributed by atoms with Crippen LogP contribution in [0.2, 0.25) is 0 Å². The molecule has 25 heavy (non-hydrogen) atoms. The molecule has 0 aromatic rings. The molecule has 8 nitrogen and oxygen atoms in total. The molecule has 0 heterocycles. The number of aliphatic carboxylic acids is 1. The van der Waals surface area contributed by atoms with Gasteiger partial charge in [0, 0.05) is 25.4 Å². The number of Topliss-reactive ketones (excluding diaryl/α,β-unsaturated/α-hetero) is 1. The van der Waals surface area contributed by atoms with Gasteiger partial charge < -0.3 is 21.1 Å². The smallest absolute Gasteiger partial charge is 0.325 e. The standard InChI is InChI=1S/C12H22N2O2.C5H9NO3/c1-8(15)9-6-7-12(4,11(9,2)3)14-10(16)13-5;1-3(5(8)9)6-4(2)7/h9H,6-7H2,1-5H3,(H2,13,14,16);3H,1-2H3,(H,6,7)(H,8,9). The van der Waals surface area contributed by atoms with E-state index in [1.165, 1.54) is 13.8 Å². The number of carboxylic acids is 1. The summed E-state index contributed by atoms with van der Waals surface area (Å²) in [6.07, 6.45) is 1.69. The number of amides is 3. The highest BCUT2D eigenvalue weighted by molar-refractivity contribution is 5.81. The van der Waals surface area contributed by atoms with Crippen LogP contribution in [-0.4, -0.2) is 47.4 Å². The van der Waals surface area contributed by atoms with Gasteiger partial charge >= 0.3 is 12.0 Å². The first-order chi connectivity index (χ1) is 11.3. The molecule has 3 atom stereocenters.